The van der Waals surface area contributed by atoms with Crippen molar-refractivity contribution >= 4 is 23.2 Å². The van der Waals surface area contributed by atoms with E-state index in [1.165, 1.54) is 4.90 Å². The first kappa shape index (κ1) is 13.2. The summed E-state index contributed by atoms with van der Waals surface area (Å²) >= 11 is 0. The lowest BCUT2D eigenvalue weighted by atomic mass is 10.1. The molecule has 1 aliphatic heterocycles. The predicted octanol–water partition coefficient (Wildman–Crippen LogP) is 2.29. The molecule has 0 aromatic heterocycles. The Morgan fingerprint density at radius 2 is 1.90 bits per heavy atom. The van der Waals surface area contributed by atoms with E-state index in [4.69, 9.17) is 4.74 Å². The number of rotatable bonds is 2. The van der Waals surface area contributed by atoms with Gasteiger partial charge in [-0.3, -0.25) is 9.59 Å². The van der Waals surface area contributed by atoms with Crippen molar-refractivity contribution in [3.63, 3.8) is 0 Å². The van der Waals surface area contributed by atoms with Crippen LogP contribution < -0.4 is 15.0 Å². The molecule has 1 heterocycles. The highest BCUT2D eigenvalue weighted by molar-refractivity contribution is 6.09. The Bertz CT molecular complexity index is 698. The Labute approximate surface area is 122 Å². The molecule has 0 spiro atoms. The second-order valence-corrected chi connectivity index (χ2v) is 4.72. The molecule has 3 rings (SSSR count). The monoisotopic (exact) mass is 282 g/mol. The Kier molecular flexibility index (Phi) is 3.31. The van der Waals surface area contributed by atoms with Gasteiger partial charge in [0.05, 0.1) is 11.3 Å². The maximum atomic E-state index is 12.4. The number of nitrogens with one attached hydrogen (secondary N) is 1. The van der Waals surface area contributed by atoms with Gasteiger partial charge >= 0.3 is 0 Å². The molecule has 2 aromatic carbocycles. The molecule has 0 bridgehead atoms. The number of carbonyl (C=O) groups excluding carboxylic acids is 2. The van der Waals surface area contributed by atoms with Gasteiger partial charge in [0.2, 0.25) is 0 Å². The molecule has 1 N–H and O–H groups in total. The number of amides is 2. The fourth-order valence-electron chi connectivity index (χ4n) is 2.20. The molecular formula is C16H14N2O3. The summed E-state index contributed by atoms with van der Waals surface area (Å²) in [5.41, 5.74) is 1.73. The van der Waals surface area contributed by atoms with Crippen molar-refractivity contribution in [3.05, 3.63) is 54.1 Å². The van der Waals surface area contributed by atoms with E-state index >= 15 is 0 Å². The largest absolute Gasteiger partial charge is 0.481 e. The Balaban J connectivity index is 1.93. The van der Waals surface area contributed by atoms with Crippen LogP contribution in [0.2, 0.25) is 0 Å². The number of likely N-dealkylation sites (N-methyl/N-ethyl adjacent to an activating group) is 1. The first-order chi connectivity index (χ1) is 10.2. The topological polar surface area (TPSA) is 58.6 Å². The minimum atomic E-state index is -0.263. The molecular weight excluding hydrogens is 268 g/mol. The number of hydrogen-bond acceptors (Lipinski definition) is 3. The van der Waals surface area contributed by atoms with E-state index in [2.05, 4.69) is 5.32 Å². The number of nitrogens with zero attached hydrogens (tertiary/aromatic N) is 1. The van der Waals surface area contributed by atoms with Crippen molar-refractivity contribution in [3.8, 4) is 5.75 Å². The van der Waals surface area contributed by atoms with E-state index in [-0.39, 0.29) is 18.4 Å². The summed E-state index contributed by atoms with van der Waals surface area (Å²) in [6, 6.07) is 14.4. The third kappa shape index (κ3) is 2.45. The van der Waals surface area contributed by atoms with Gasteiger partial charge in [-0.1, -0.05) is 24.3 Å². The molecule has 21 heavy (non-hydrogen) atoms. The molecule has 106 valence electrons. The molecule has 0 aliphatic carbocycles. The standard InChI is InChI=1S/C16H14N2O3/c1-18-13-9-5-8-12(15(13)21-10-14(18)19)16(20)17-11-6-3-2-4-7-11/h2-9H,10H2,1H3,(H,17,20). The van der Waals surface area contributed by atoms with Crippen LogP contribution in [0.5, 0.6) is 5.75 Å². The Morgan fingerprint density at radius 1 is 1.14 bits per heavy atom. The number of benzene rings is 2. The lowest BCUT2D eigenvalue weighted by molar-refractivity contribution is -0.121. The average Bonchev–Trinajstić information content (AvgIpc) is 2.51. The molecule has 2 amide bonds. The average molecular weight is 282 g/mol. The number of carbonyl (C=O) groups is 2. The molecule has 0 saturated heterocycles. The summed E-state index contributed by atoms with van der Waals surface area (Å²) in [6.45, 7) is -0.0564. The molecule has 0 radical (unpaired) electrons. The SMILES string of the molecule is CN1C(=O)COc2c(C(=O)Nc3ccccc3)cccc21. The Hall–Kier alpha value is -2.82. The molecule has 5 nitrogen and oxygen atoms in total. The van der Waals surface area contributed by atoms with Gasteiger partial charge in [0.1, 0.15) is 0 Å². The maximum Gasteiger partial charge on any atom is 0.264 e. The summed E-state index contributed by atoms with van der Waals surface area (Å²) in [4.78, 5) is 25.5. The highest BCUT2D eigenvalue weighted by Crippen LogP contribution is 2.34. The van der Waals surface area contributed by atoms with Crippen LogP contribution in [-0.4, -0.2) is 25.5 Å². The quantitative estimate of drug-likeness (QED) is 0.919. The van der Waals surface area contributed by atoms with Crippen molar-refractivity contribution in [2.24, 2.45) is 0 Å². The zero-order valence-electron chi connectivity index (χ0n) is 11.5. The van der Waals surface area contributed by atoms with Crippen LogP contribution in [0.4, 0.5) is 11.4 Å². The van der Waals surface area contributed by atoms with E-state index < -0.39 is 0 Å². The zero-order valence-corrected chi connectivity index (χ0v) is 11.5. The minimum absolute atomic E-state index is 0.0564. The van der Waals surface area contributed by atoms with Gasteiger partial charge in [0, 0.05) is 12.7 Å². The first-order valence-corrected chi connectivity index (χ1v) is 6.55. The lowest BCUT2D eigenvalue weighted by Crippen LogP contribution is -2.36. The first-order valence-electron chi connectivity index (χ1n) is 6.55. The van der Waals surface area contributed by atoms with Crippen LogP contribution >= 0.6 is 0 Å². The van der Waals surface area contributed by atoms with E-state index in [9.17, 15) is 9.59 Å². The third-order valence-corrected chi connectivity index (χ3v) is 3.35. The molecule has 0 saturated carbocycles. The molecule has 0 fully saturated rings. The van der Waals surface area contributed by atoms with Crippen molar-refractivity contribution in [1.82, 2.24) is 0 Å². The highest BCUT2D eigenvalue weighted by Gasteiger charge is 2.26. The zero-order chi connectivity index (χ0) is 14.8. The van der Waals surface area contributed by atoms with Gasteiger partial charge in [0.15, 0.2) is 12.4 Å². The van der Waals surface area contributed by atoms with Crippen LogP contribution in [0.25, 0.3) is 0 Å². The summed E-state index contributed by atoms with van der Waals surface area (Å²) in [6.07, 6.45) is 0. The van der Waals surface area contributed by atoms with Crippen LogP contribution in [0.3, 0.4) is 0 Å². The molecule has 1 aliphatic rings. The van der Waals surface area contributed by atoms with E-state index in [0.29, 0.717) is 22.7 Å². The van der Waals surface area contributed by atoms with Crippen molar-refractivity contribution in [2.75, 3.05) is 23.9 Å². The van der Waals surface area contributed by atoms with Crippen molar-refractivity contribution < 1.29 is 14.3 Å². The fraction of sp³-hybridized carbons (Fsp3) is 0.125. The van der Waals surface area contributed by atoms with Gasteiger partial charge in [-0.25, -0.2) is 0 Å². The smallest absolute Gasteiger partial charge is 0.264 e. The second-order valence-electron chi connectivity index (χ2n) is 4.72. The fourth-order valence-corrected chi connectivity index (χ4v) is 2.20. The number of fused-ring (bicyclic) bond motifs is 1. The minimum Gasteiger partial charge on any atom is -0.481 e. The number of ether oxygens (including phenoxy) is 1. The predicted molar refractivity (Wildman–Crippen MR) is 79.7 cm³/mol. The summed E-state index contributed by atoms with van der Waals surface area (Å²) in [5.74, 6) is 0.0388. The molecule has 5 heteroatoms. The highest BCUT2D eigenvalue weighted by atomic mass is 16.5. The normalized spacial score (nSPS) is 13.4. The third-order valence-electron chi connectivity index (χ3n) is 3.35. The molecule has 0 atom stereocenters. The summed E-state index contributed by atoms with van der Waals surface area (Å²) in [5, 5.41) is 2.81. The van der Waals surface area contributed by atoms with E-state index in [1.807, 2.05) is 30.3 Å². The van der Waals surface area contributed by atoms with E-state index in [1.54, 1.807) is 25.2 Å². The number of hydrogen-bond donors (Lipinski definition) is 1. The van der Waals surface area contributed by atoms with E-state index in [0.717, 1.165) is 0 Å². The van der Waals surface area contributed by atoms with Gasteiger partial charge in [0.25, 0.3) is 11.8 Å². The van der Waals surface area contributed by atoms with Gasteiger partial charge in [-0.2, -0.15) is 0 Å². The molecule has 0 unspecified atom stereocenters. The van der Waals surface area contributed by atoms with Crippen LogP contribution in [0.15, 0.2) is 48.5 Å². The van der Waals surface area contributed by atoms with Crippen molar-refractivity contribution in [2.45, 2.75) is 0 Å². The van der Waals surface area contributed by atoms with Gasteiger partial charge < -0.3 is 15.0 Å². The van der Waals surface area contributed by atoms with Gasteiger partial charge in [-0.05, 0) is 24.3 Å². The number of para-hydroxylation sites is 2. The van der Waals surface area contributed by atoms with Crippen LogP contribution in [-0.2, 0) is 4.79 Å². The van der Waals surface area contributed by atoms with Gasteiger partial charge in [-0.15, -0.1) is 0 Å². The molecule has 2 aromatic rings. The van der Waals surface area contributed by atoms with Crippen molar-refractivity contribution in [1.29, 1.82) is 0 Å². The maximum absolute atomic E-state index is 12.4. The Morgan fingerprint density at radius 3 is 2.67 bits per heavy atom. The van der Waals surface area contributed by atoms with Crippen LogP contribution in [0, 0.1) is 0 Å². The van der Waals surface area contributed by atoms with Crippen LogP contribution in [0.1, 0.15) is 10.4 Å². The summed E-state index contributed by atoms with van der Waals surface area (Å²) in [7, 11) is 1.67. The second kappa shape index (κ2) is 5.28. The lowest BCUT2D eigenvalue weighted by Gasteiger charge is -2.27. The number of anilines is 2. The summed E-state index contributed by atoms with van der Waals surface area (Å²) < 4.78 is 5.44.